The summed E-state index contributed by atoms with van der Waals surface area (Å²) in [5, 5.41) is 20.6. The van der Waals surface area contributed by atoms with E-state index in [1.54, 1.807) is 6.07 Å². The highest BCUT2D eigenvalue weighted by atomic mass is 35.5. The predicted molar refractivity (Wildman–Crippen MR) is 130 cm³/mol. The maximum absolute atomic E-state index is 13.7. The number of hydrogen-bond acceptors (Lipinski definition) is 8. The molecule has 0 bridgehead atoms. The van der Waals surface area contributed by atoms with Gasteiger partial charge in [0.05, 0.1) is 40.6 Å². The number of rotatable bonds is 11. The number of aromatic nitrogens is 1. The van der Waals surface area contributed by atoms with Crippen molar-refractivity contribution < 1.29 is 29.0 Å². The Morgan fingerprint density at radius 1 is 1.31 bits per heavy atom. The maximum Gasteiger partial charge on any atom is 0.303 e. The Morgan fingerprint density at radius 3 is 2.80 bits per heavy atom. The van der Waals surface area contributed by atoms with Gasteiger partial charge in [-0.3, -0.25) is 19.4 Å². The van der Waals surface area contributed by atoms with Gasteiger partial charge in [0.1, 0.15) is 5.82 Å². The summed E-state index contributed by atoms with van der Waals surface area (Å²) in [5.74, 6) is -1.58. The van der Waals surface area contributed by atoms with Crippen LogP contribution in [0.4, 0.5) is 4.39 Å². The first-order chi connectivity index (χ1) is 16.7. The Balaban J connectivity index is 1.66. The van der Waals surface area contributed by atoms with Gasteiger partial charge in [0.15, 0.2) is 5.01 Å². The fraction of sp³-hybridized carbons (Fsp3) is 0.348. The van der Waals surface area contributed by atoms with Crippen LogP contribution in [0.1, 0.15) is 34.3 Å². The van der Waals surface area contributed by atoms with Crippen molar-refractivity contribution in [2.45, 2.75) is 39.0 Å². The van der Waals surface area contributed by atoms with E-state index in [0.29, 0.717) is 11.1 Å². The fourth-order valence-electron chi connectivity index (χ4n) is 3.37. The van der Waals surface area contributed by atoms with E-state index in [1.165, 1.54) is 35.4 Å². The number of aliphatic hydroxyl groups is 2. The number of aryl methyl sites for hydroxylation is 1. The van der Waals surface area contributed by atoms with E-state index in [4.69, 9.17) is 16.4 Å². The molecule has 35 heavy (non-hydrogen) atoms. The van der Waals surface area contributed by atoms with Crippen molar-refractivity contribution in [3.05, 3.63) is 63.4 Å². The van der Waals surface area contributed by atoms with Crippen LogP contribution < -0.4 is 10.9 Å². The lowest BCUT2D eigenvalue weighted by Gasteiger charge is -2.32. The van der Waals surface area contributed by atoms with Crippen LogP contribution in [-0.2, 0) is 16.2 Å². The van der Waals surface area contributed by atoms with Crippen LogP contribution in [-0.4, -0.2) is 57.4 Å². The van der Waals surface area contributed by atoms with E-state index in [-0.39, 0.29) is 29.6 Å². The molecule has 0 aliphatic rings. The predicted octanol–water partition coefficient (Wildman–Crippen LogP) is 2.72. The SMILES string of the molecule is CC(=O)N(NCc1cccc(F)c1Cl)[C@H](CONC(=O)c1nc2ccc(C)cc2s1)C[C@@H](O)CO. The number of amides is 2. The number of thiazole rings is 1. The summed E-state index contributed by atoms with van der Waals surface area (Å²) in [6.45, 7) is 2.51. The van der Waals surface area contributed by atoms with Crippen LogP contribution in [0.2, 0.25) is 5.02 Å². The number of aliphatic hydroxyl groups excluding tert-OH is 2. The molecule has 4 N–H and O–H groups in total. The second-order valence-corrected chi connectivity index (χ2v) is 9.30. The number of fused-ring (bicyclic) bond motifs is 1. The molecule has 0 fully saturated rings. The van der Waals surface area contributed by atoms with E-state index in [0.717, 1.165) is 10.3 Å². The van der Waals surface area contributed by atoms with Gasteiger partial charge in [-0.1, -0.05) is 29.8 Å². The van der Waals surface area contributed by atoms with Gasteiger partial charge in [-0.25, -0.2) is 20.3 Å². The highest BCUT2D eigenvalue weighted by Gasteiger charge is 2.25. The zero-order valence-electron chi connectivity index (χ0n) is 19.1. The van der Waals surface area contributed by atoms with Crippen molar-refractivity contribution >= 4 is 45.0 Å². The smallest absolute Gasteiger partial charge is 0.303 e. The van der Waals surface area contributed by atoms with Crippen LogP contribution in [0.5, 0.6) is 0 Å². The van der Waals surface area contributed by atoms with Crippen molar-refractivity contribution in [3.8, 4) is 0 Å². The summed E-state index contributed by atoms with van der Waals surface area (Å²) >= 11 is 7.20. The van der Waals surface area contributed by atoms with E-state index in [2.05, 4.69) is 15.9 Å². The van der Waals surface area contributed by atoms with Gasteiger partial charge in [-0.15, -0.1) is 11.3 Å². The van der Waals surface area contributed by atoms with Crippen LogP contribution in [0.15, 0.2) is 36.4 Å². The van der Waals surface area contributed by atoms with Gasteiger partial charge < -0.3 is 10.2 Å². The Hall–Kier alpha value is -2.67. The Kier molecular flexibility index (Phi) is 9.49. The lowest BCUT2D eigenvalue weighted by atomic mass is 10.1. The summed E-state index contributed by atoms with van der Waals surface area (Å²) in [5.41, 5.74) is 7.33. The van der Waals surface area contributed by atoms with Gasteiger partial charge in [0.2, 0.25) is 5.91 Å². The molecular weight excluding hydrogens is 499 g/mol. The average molecular weight is 525 g/mol. The zero-order chi connectivity index (χ0) is 25.5. The number of nitrogens with zero attached hydrogens (tertiary/aromatic N) is 2. The molecule has 0 aliphatic heterocycles. The second kappa shape index (κ2) is 12.3. The Labute approximate surface area is 210 Å². The normalized spacial score (nSPS) is 13.0. The monoisotopic (exact) mass is 524 g/mol. The number of benzene rings is 2. The summed E-state index contributed by atoms with van der Waals surface area (Å²) < 4.78 is 14.6. The van der Waals surface area contributed by atoms with E-state index in [1.807, 2.05) is 25.1 Å². The summed E-state index contributed by atoms with van der Waals surface area (Å²) in [6.07, 6.45) is -1.20. The van der Waals surface area contributed by atoms with Gasteiger partial charge >= 0.3 is 5.91 Å². The molecule has 0 unspecified atom stereocenters. The summed E-state index contributed by atoms with van der Waals surface area (Å²) in [6, 6.07) is 9.18. The largest absolute Gasteiger partial charge is 0.394 e. The lowest BCUT2D eigenvalue weighted by Crippen LogP contribution is -2.52. The molecule has 188 valence electrons. The Bertz CT molecular complexity index is 1190. The minimum absolute atomic E-state index is 0.0133. The van der Waals surface area contributed by atoms with Gasteiger partial charge in [0, 0.05) is 13.5 Å². The van der Waals surface area contributed by atoms with Crippen LogP contribution in [0.25, 0.3) is 10.2 Å². The number of halogens is 2. The summed E-state index contributed by atoms with van der Waals surface area (Å²) in [4.78, 5) is 34.5. The molecule has 2 amide bonds. The van der Waals surface area contributed by atoms with Crippen LogP contribution >= 0.6 is 22.9 Å². The van der Waals surface area contributed by atoms with Crippen LogP contribution in [0.3, 0.4) is 0 Å². The molecule has 9 nitrogen and oxygen atoms in total. The molecule has 0 saturated heterocycles. The molecule has 0 aliphatic carbocycles. The third-order valence-corrected chi connectivity index (χ3v) is 6.55. The molecule has 2 atom stereocenters. The molecule has 12 heteroatoms. The van der Waals surface area contributed by atoms with Crippen molar-refractivity contribution in [2.24, 2.45) is 0 Å². The Morgan fingerprint density at radius 2 is 2.09 bits per heavy atom. The highest BCUT2D eigenvalue weighted by Crippen LogP contribution is 2.23. The standard InChI is InChI=1S/C23H26ClFN4O5S/c1-13-6-7-19-20(8-13)35-23(27-19)22(33)28-34-12-16(9-17(32)11-30)29(14(2)31)26-10-15-4-3-5-18(25)21(15)24/h3-8,16-17,26,30,32H,9-12H2,1-2H3,(H,28,33)/t16-,17+/m0/s1. The number of hydroxylamine groups is 1. The molecule has 3 rings (SSSR count). The second-order valence-electron chi connectivity index (χ2n) is 7.90. The molecule has 0 spiro atoms. The first-order valence-corrected chi connectivity index (χ1v) is 11.9. The van der Waals surface area contributed by atoms with E-state index < -0.39 is 36.4 Å². The van der Waals surface area contributed by atoms with Crippen molar-refractivity contribution in [2.75, 3.05) is 13.2 Å². The zero-order valence-corrected chi connectivity index (χ0v) is 20.7. The van der Waals surface area contributed by atoms with Gasteiger partial charge in [0.25, 0.3) is 0 Å². The fourth-order valence-corrected chi connectivity index (χ4v) is 4.51. The van der Waals surface area contributed by atoms with E-state index in [9.17, 15) is 24.2 Å². The van der Waals surface area contributed by atoms with Gasteiger partial charge in [-0.05, 0) is 42.7 Å². The molecule has 1 heterocycles. The molecule has 3 aromatic rings. The van der Waals surface area contributed by atoms with Crippen LogP contribution in [0, 0.1) is 12.7 Å². The molecule has 2 aromatic carbocycles. The van der Waals surface area contributed by atoms with Crippen molar-refractivity contribution in [3.63, 3.8) is 0 Å². The maximum atomic E-state index is 13.7. The number of carbonyl (C=O) groups is 2. The third-order valence-electron chi connectivity index (χ3n) is 5.11. The first-order valence-electron chi connectivity index (χ1n) is 10.7. The lowest BCUT2D eigenvalue weighted by molar-refractivity contribution is -0.139. The van der Waals surface area contributed by atoms with Crippen molar-refractivity contribution in [1.82, 2.24) is 20.9 Å². The van der Waals surface area contributed by atoms with Gasteiger partial charge in [-0.2, -0.15) is 0 Å². The topological polar surface area (TPSA) is 124 Å². The minimum Gasteiger partial charge on any atom is -0.394 e. The molecule has 0 saturated carbocycles. The van der Waals surface area contributed by atoms with Crippen molar-refractivity contribution in [1.29, 1.82) is 0 Å². The number of hydrogen-bond donors (Lipinski definition) is 4. The van der Waals surface area contributed by atoms with E-state index >= 15 is 0 Å². The quantitative estimate of drug-likeness (QED) is 0.284. The molecule has 1 aromatic heterocycles. The third kappa shape index (κ3) is 7.17. The number of nitrogens with one attached hydrogen (secondary N) is 2. The first kappa shape index (κ1) is 26.9. The minimum atomic E-state index is -1.15. The summed E-state index contributed by atoms with van der Waals surface area (Å²) in [7, 11) is 0. The molecule has 0 radical (unpaired) electrons. The number of carbonyl (C=O) groups excluding carboxylic acids is 2. The average Bonchev–Trinajstić information content (AvgIpc) is 3.24. The molecular formula is C23H26ClFN4O5S. The number of hydrazine groups is 1. The highest BCUT2D eigenvalue weighted by molar-refractivity contribution is 7.20.